The van der Waals surface area contributed by atoms with E-state index in [-0.39, 0.29) is 54.0 Å². The summed E-state index contributed by atoms with van der Waals surface area (Å²) in [7, 11) is 0. The van der Waals surface area contributed by atoms with Crippen molar-refractivity contribution in [1.29, 1.82) is 0 Å². The average Bonchev–Trinajstić information content (AvgIpc) is 2.59. The summed E-state index contributed by atoms with van der Waals surface area (Å²) in [5.41, 5.74) is 0.180. The predicted molar refractivity (Wildman–Crippen MR) is 113 cm³/mol. The number of rotatable bonds is 11. The number of hydrogen-bond donors (Lipinski definition) is 1. The molecule has 1 N–H and O–H groups in total. The lowest BCUT2D eigenvalue weighted by Crippen LogP contribution is -2.29. The number of carbonyl (C=O) groups is 3. The zero-order valence-electron chi connectivity index (χ0n) is 18.8. The molecule has 29 heavy (non-hydrogen) atoms. The molecular weight excluding hydrogens is 370 g/mol. The van der Waals surface area contributed by atoms with Gasteiger partial charge in [-0.15, -0.1) is 0 Å². The minimum Gasteiger partial charge on any atom is -0.423 e. The Morgan fingerprint density at radius 1 is 1.00 bits per heavy atom. The summed E-state index contributed by atoms with van der Waals surface area (Å²) < 4.78 is 10.9. The zero-order valence-corrected chi connectivity index (χ0v) is 18.8. The smallest absolute Gasteiger partial charge is 0.311 e. The summed E-state index contributed by atoms with van der Waals surface area (Å²) in [5.74, 6) is -0.595. The van der Waals surface area contributed by atoms with Crippen LogP contribution in [-0.2, 0) is 9.59 Å². The zero-order chi connectivity index (χ0) is 22.2. The van der Waals surface area contributed by atoms with Gasteiger partial charge < -0.3 is 14.8 Å². The van der Waals surface area contributed by atoms with E-state index in [2.05, 4.69) is 5.32 Å². The highest BCUT2D eigenvalue weighted by atomic mass is 16.6. The first-order valence-electron chi connectivity index (χ1n) is 10.3. The molecule has 1 aromatic carbocycles. The second-order valence-corrected chi connectivity index (χ2v) is 8.86. The highest BCUT2D eigenvalue weighted by Gasteiger charge is 2.23. The predicted octanol–water partition coefficient (Wildman–Crippen LogP) is 4.55. The number of esters is 2. The van der Waals surface area contributed by atoms with E-state index < -0.39 is 11.9 Å². The summed E-state index contributed by atoms with van der Waals surface area (Å²) in [5, 5.41) is 3.07. The van der Waals surface area contributed by atoms with Gasteiger partial charge in [-0.05, 0) is 29.5 Å². The molecule has 0 amide bonds. The van der Waals surface area contributed by atoms with E-state index in [4.69, 9.17) is 9.47 Å². The van der Waals surface area contributed by atoms with E-state index >= 15 is 0 Å². The van der Waals surface area contributed by atoms with Crippen molar-refractivity contribution in [2.75, 3.05) is 6.54 Å². The van der Waals surface area contributed by atoms with E-state index in [1.165, 1.54) is 12.1 Å². The van der Waals surface area contributed by atoms with Crippen molar-refractivity contribution in [2.45, 2.75) is 73.8 Å². The lowest BCUT2D eigenvalue weighted by atomic mass is 9.87. The molecule has 0 bridgehead atoms. The monoisotopic (exact) mass is 405 g/mol. The van der Waals surface area contributed by atoms with Crippen LogP contribution in [0.25, 0.3) is 0 Å². The molecule has 0 saturated carbocycles. The van der Waals surface area contributed by atoms with Gasteiger partial charge in [0.2, 0.25) is 0 Å². The molecule has 6 heteroatoms. The Morgan fingerprint density at radius 2 is 1.62 bits per heavy atom. The van der Waals surface area contributed by atoms with Crippen LogP contribution in [0.5, 0.6) is 11.5 Å². The fraction of sp³-hybridized carbons (Fsp3) is 0.609. The number of ether oxygens (including phenoxy) is 2. The van der Waals surface area contributed by atoms with Gasteiger partial charge in [0.25, 0.3) is 0 Å². The van der Waals surface area contributed by atoms with Gasteiger partial charge in [0.05, 0.1) is 13.0 Å². The maximum Gasteiger partial charge on any atom is 0.311 e. The Labute approximate surface area is 174 Å². The lowest BCUT2D eigenvalue weighted by Gasteiger charge is -2.21. The van der Waals surface area contributed by atoms with E-state index in [1.807, 2.05) is 48.5 Å². The number of benzene rings is 1. The Morgan fingerprint density at radius 3 is 2.17 bits per heavy atom. The number of ketones is 1. The molecule has 1 rings (SSSR count). The molecule has 0 heterocycles. The quantitative estimate of drug-likeness (QED) is 0.330. The number of hydrogen-bond acceptors (Lipinski definition) is 6. The highest BCUT2D eigenvalue weighted by molar-refractivity contribution is 5.98. The van der Waals surface area contributed by atoms with E-state index in [1.54, 1.807) is 6.07 Å². The van der Waals surface area contributed by atoms with Crippen LogP contribution >= 0.6 is 0 Å². The molecule has 0 unspecified atom stereocenters. The van der Waals surface area contributed by atoms with E-state index in [9.17, 15) is 14.4 Å². The molecule has 0 spiro atoms. The molecule has 0 fully saturated rings. The first-order chi connectivity index (χ1) is 13.4. The Bertz CT molecular complexity index is 722. The summed E-state index contributed by atoms with van der Waals surface area (Å²) in [6.07, 6.45) is 1.28. The fourth-order valence-electron chi connectivity index (χ4n) is 2.42. The van der Waals surface area contributed by atoms with Crippen molar-refractivity contribution >= 4 is 17.7 Å². The van der Waals surface area contributed by atoms with Crippen molar-refractivity contribution < 1.29 is 23.9 Å². The van der Waals surface area contributed by atoms with Crippen LogP contribution < -0.4 is 14.8 Å². The third kappa shape index (κ3) is 9.22. The van der Waals surface area contributed by atoms with Gasteiger partial charge >= 0.3 is 11.9 Å². The Kier molecular flexibility index (Phi) is 9.50. The van der Waals surface area contributed by atoms with Crippen LogP contribution in [-0.4, -0.2) is 30.3 Å². The molecule has 0 aliphatic carbocycles. The van der Waals surface area contributed by atoms with Gasteiger partial charge in [0.15, 0.2) is 17.3 Å². The maximum atomic E-state index is 12.4. The molecule has 0 aliphatic rings. The SMILES string of the molecule is CCC(C)(C)CC(=O)Oc1cc(C(=O)CNC(C)C)ccc1OC(=O)CC(C)C. The second kappa shape index (κ2) is 11.1. The molecule has 0 radical (unpaired) electrons. The summed E-state index contributed by atoms with van der Waals surface area (Å²) in [6.45, 7) is 13.9. The topological polar surface area (TPSA) is 81.7 Å². The first-order valence-corrected chi connectivity index (χ1v) is 10.3. The van der Waals surface area contributed by atoms with E-state index in [0.717, 1.165) is 6.42 Å². The van der Waals surface area contributed by atoms with Gasteiger partial charge in [-0.1, -0.05) is 54.9 Å². The number of carbonyl (C=O) groups excluding carboxylic acids is 3. The van der Waals surface area contributed by atoms with Crippen LogP contribution in [0.3, 0.4) is 0 Å². The average molecular weight is 406 g/mol. The van der Waals surface area contributed by atoms with Crippen LogP contribution in [0.4, 0.5) is 0 Å². The van der Waals surface area contributed by atoms with Crippen LogP contribution in [0, 0.1) is 11.3 Å². The molecule has 0 atom stereocenters. The van der Waals surface area contributed by atoms with Crippen LogP contribution in [0.1, 0.15) is 78.1 Å². The Hall–Kier alpha value is -2.21. The molecule has 0 aromatic heterocycles. The third-order valence-electron chi connectivity index (χ3n) is 4.54. The standard InChI is InChI=1S/C23H35NO5/c1-8-23(6,7)13-22(27)29-20-12-17(18(25)14-24-16(4)5)9-10-19(20)28-21(26)11-15(2)3/h9-10,12,15-16,24H,8,11,13-14H2,1-7H3. The highest BCUT2D eigenvalue weighted by Crippen LogP contribution is 2.32. The van der Waals surface area contributed by atoms with Crippen molar-refractivity contribution in [1.82, 2.24) is 5.32 Å². The summed E-state index contributed by atoms with van der Waals surface area (Å²) in [4.78, 5) is 37.0. The molecule has 162 valence electrons. The number of nitrogens with one attached hydrogen (secondary N) is 1. The van der Waals surface area contributed by atoms with Crippen LogP contribution in [0.15, 0.2) is 18.2 Å². The fourth-order valence-corrected chi connectivity index (χ4v) is 2.42. The van der Waals surface area contributed by atoms with Crippen molar-refractivity contribution in [3.05, 3.63) is 23.8 Å². The molecular formula is C23H35NO5. The number of Topliss-reactive ketones (excluding diaryl/α,β-unsaturated/α-hetero) is 1. The molecule has 0 saturated heterocycles. The molecule has 0 aliphatic heterocycles. The normalized spacial score (nSPS) is 11.6. The van der Waals surface area contributed by atoms with Crippen molar-refractivity contribution in [2.24, 2.45) is 11.3 Å². The minimum atomic E-state index is -0.428. The van der Waals surface area contributed by atoms with Gasteiger partial charge in [0.1, 0.15) is 0 Å². The van der Waals surface area contributed by atoms with Gasteiger partial charge in [-0.3, -0.25) is 14.4 Å². The lowest BCUT2D eigenvalue weighted by molar-refractivity contribution is -0.138. The van der Waals surface area contributed by atoms with Crippen molar-refractivity contribution in [3.8, 4) is 11.5 Å². The van der Waals surface area contributed by atoms with Crippen molar-refractivity contribution in [3.63, 3.8) is 0 Å². The summed E-state index contributed by atoms with van der Waals surface area (Å²) in [6, 6.07) is 4.73. The van der Waals surface area contributed by atoms with Gasteiger partial charge in [-0.25, -0.2) is 0 Å². The van der Waals surface area contributed by atoms with Crippen LogP contribution in [0.2, 0.25) is 0 Å². The van der Waals surface area contributed by atoms with Gasteiger partial charge in [0, 0.05) is 18.0 Å². The first kappa shape index (κ1) is 24.8. The second-order valence-electron chi connectivity index (χ2n) is 8.86. The summed E-state index contributed by atoms with van der Waals surface area (Å²) >= 11 is 0. The minimum absolute atomic E-state index is 0.0920. The third-order valence-corrected chi connectivity index (χ3v) is 4.54. The van der Waals surface area contributed by atoms with E-state index in [0.29, 0.717) is 5.56 Å². The molecule has 6 nitrogen and oxygen atoms in total. The Balaban J connectivity index is 3.09. The van der Waals surface area contributed by atoms with Gasteiger partial charge in [-0.2, -0.15) is 0 Å². The molecule has 1 aromatic rings. The maximum absolute atomic E-state index is 12.4. The largest absolute Gasteiger partial charge is 0.423 e.